The molecule has 3 aromatic rings. The van der Waals surface area contributed by atoms with Crippen molar-refractivity contribution >= 4 is 11.6 Å². The molecule has 29 heavy (non-hydrogen) atoms. The number of aromatic nitrogens is 2. The molecule has 3 rings (SSSR count). The van der Waals surface area contributed by atoms with E-state index in [1.165, 1.54) is 12.1 Å². The molecule has 1 N–H and O–H groups in total. The number of benzene rings is 2. The van der Waals surface area contributed by atoms with Crippen LogP contribution in [0, 0.1) is 5.82 Å². The molecule has 6 nitrogen and oxygen atoms in total. The van der Waals surface area contributed by atoms with E-state index in [-0.39, 0.29) is 40.1 Å². The van der Waals surface area contributed by atoms with Crippen LogP contribution in [-0.4, -0.2) is 14.5 Å². The highest BCUT2D eigenvalue weighted by atomic mass is 35.5. The first-order valence-corrected chi connectivity index (χ1v) is 9.35. The van der Waals surface area contributed by atoms with E-state index in [9.17, 15) is 19.2 Å². The number of hydrogen-bond donors (Lipinski definition) is 1. The summed E-state index contributed by atoms with van der Waals surface area (Å²) in [4.78, 5) is 25.2. The summed E-state index contributed by atoms with van der Waals surface area (Å²) >= 11 is 5.78. The van der Waals surface area contributed by atoms with Crippen molar-refractivity contribution in [2.45, 2.75) is 33.1 Å². The van der Waals surface area contributed by atoms with Crippen LogP contribution >= 0.6 is 11.6 Å². The molecule has 0 saturated carbocycles. The lowest BCUT2D eigenvalue weighted by Gasteiger charge is -2.19. The third-order valence-corrected chi connectivity index (χ3v) is 4.79. The fraction of sp³-hybridized carbons (Fsp3) is 0.238. The predicted octanol–water partition coefficient (Wildman–Crippen LogP) is 4.00. The Morgan fingerprint density at radius 1 is 1.10 bits per heavy atom. The lowest BCUT2D eigenvalue weighted by Crippen LogP contribution is -2.42. The molecular weight excluding hydrogens is 399 g/mol. The molecule has 0 atom stereocenters. The minimum absolute atomic E-state index is 0.0285. The molecule has 0 amide bonds. The molecule has 0 saturated heterocycles. The van der Waals surface area contributed by atoms with Gasteiger partial charge in [0.25, 0.3) is 5.56 Å². The third-order valence-electron chi connectivity index (χ3n) is 4.49. The average Bonchev–Trinajstić information content (AvgIpc) is 2.71. The number of ether oxygens (including phenoxy) is 1. The summed E-state index contributed by atoms with van der Waals surface area (Å²) in [6.45, 7) is 3.14. The van der Waals surface area contributed by atoms with Gasteiger partial charge < -0.3 is 9.94 Å². The van der Waals surface area contributed by atoms with Gasteiger partial charge in [-0.25, -0.2) is 9.18 Å². The Labute approximate surface area is 171 Å². The van der Waals surface area contributed by atoms with E-state index in [2.05, 4.69) is 0 Å². The zero-order valence-corrected chi connectivity index (χ0v) is 16.7. The Morgan fingerprint density at radius 3 is 2.45 bits per heavy atom. The van der Waals surface area contributed by atoms with Gasteiger partial charge in [0.1, 0.15) is 12.5 Å². The Balaban J connectivity index is 2.07. The molecule has 1 aromatic heterocycles. The van der Waals surface area contributed by atoms with E-state index in [0.29, 0.717) is 11.3 Å². The van der Waals surface area contributed by atoms with E-state index in [1.807, 2.05) is 6.07 Å². The standard InChI is InChI=1S/C21H20ClFN2O4/c1-13(2)17-19(14-7-4-3-5-8-14)24(21(27)25(28)20(17)26)12-29-11-15-9-6-10-16(22)18(15)23/h3-10,13,28H,11-12H2,1-2H3. The molecule has 0 bridgehead atoms. The molecule has 0 aliphatic rings. The second-order valence-corrected chi connectivity index (χ2v) is 7.21. The van der Waals surface area contributed by atoms with Crippen molar-refractivity contribution in [1.82, 2.24) is 9.30 Å². The van der Waals surface area contributed by atoms with E-state index < -0.39 is 17.1 Å². The van der Waals surface area contributed by atoms with Crippen molar-refractivity contribution in [3.05, 3.63) is 91.3 Å². The Bertz CT molecular complexity index is 1140. The number of halogens is 2. The first-order chi connectivity index (χ1) is 13.8. The van der Waals surface area contributed by atoms with E-state index >= 15 is 0 Å². The van der Waals surface area contributed by atoms with Gasteiger partial charge in [0.15, 0.2) is 0 Å². The van der Waals surface area contributed by atoms with Crippen LogP contribution in [0.25, 0.3) is 11.3 Å². The topological polar surface area (TPSA) is 73.5 Å². The van der Waals surface area contributed by atoms with Crippen molar-refractivity contribution in [2.75, 3.05) is 0 Å². The number of rotatable bonds is 6. The molecule has 0 aliphatic carbocycles. The molecular formula is C21H20ClFN2O4. The molecule has 0 radical (unpaired) electrons. The van der Waals surface area contributed by atoms with Crippen LogP contribution < -0.4 is 11.2 Å². The Kier molecular flexibility index (Phi) is 6.20. The van der Waals surface area contributed by atoms with Gasteiger partial charge in [-0.05, 0) is 17.5 Å². The summed E-state index contributed by atoms with van der Waals surface area (Å²) in [6.07, 6.45) is 0. The molecule has 0 spiro atoms. The average molecular weight is 419 g/mol. The molecule has 152 valence electrons. The van der Waals surface area contributed by atoms with Crippen molar-refractivity contribution in [1.29, 1.82) is 0 Å². The van der Waals surface area contributed by atoms with Crippen LogP contribution in [0.4, 0.5) is 4.39 Å². The van der Waals surface area contributed by atoms with Gasteiger partial charge >= 0.3 is 5.69 Å². The Morgan fingerprint density at radius 2 is 1.79 bits per heavy atom. The molecule has 0 unspecified atom stereocenters. The van der Waals surface area contributed by atoms with Gasteiger partial charge in [-0.2, -0.15) is 0 Å². The highest BCUT2D eigenvalue weighted by Gasteiger charge is 2.22. The maximum atomic E-state index is 14.1. The highest BCUT2D eigenvalue weighted by molar-refractivity contribution is 6.30. The number of hydrogen-bond acceptors (Lipinski definition) is 4. The summed E-state index contributed by atoms with van der Waals surface area (Å²) < 4.78 is 20.9. The van der Waals surface area contributed by atoms with Crippen molar-refractivity contribution in [3.8, 4) is 11.3 Å². The molecule has 0 aliphatic heterocycles. The van der Waals surface area contributed by atoms with Crippen LogP contribution in [0.3, 0.4) is 0 Å². The van der Waals surface area contributed by atoms with Gasteiger partial charge in [-0.1, -0.05) is 72.6 Å². The largest absolute Gasteiger partial charge is 0.421 e. The summed E-state index contributed by atoms with van der Waals surface area (Å²) in [7, 11) is 0. The van der Waals surface area contributed by atoms with Crippen LogP contribution in [0.2, 0.25) is 5.02 Å². The summed E-state index contributed by atoms with van der Waals surface area (Å²) in [5.41, 5.74) is -0.231. The van der Waals surface area contributed by atoms with E-state index in [0.717, 1.165) is 4.57 Å². The fourth-order valence-corrected chi connectivity index (χ4v) is 3.31. The first-order valence-electron chi connectivity index (χ1n) is 8.98. The summed E-state index contributed by atoms with van der Waals surface area (Å²) in [6, 6.07) is 13.4. The molecule has 8 heteroatoms. The zero-order chi connectivity index (χ0) is 21.1. The monoisotopic (exact) mass is 418 g/mol. The smallest absolute Gasteiger partial charge is 0.366 e. The molecule has 1 heterocycles. The van der Waals surface area contributed by atoms with Gasteiger partial charge in [-0.3, -0.25) is 9.36 Å². The molecule has 2 aromatic carbocycles. The van der Waals surface area contributed by atoms with Gasteiger partial charge in [0.05, 0.1) is 17.3 Å². The first kappa shape index (κ1) is 20.8. The highest BCUT2D eigenvalue weighted by Crippen LogP contribution is 2.26. The van der Waals surface area contributed by atoms with Gasteiger partial charge in [-0.15, -0.1) is 0 Å². The molecule has 0 fully saturated rings. The van der Waals surface area contributed by atoms with Crippen LogP contribution in [0.15, 0.2) is 58.1 Å². The Hall–Kier alpha value is -2.90. The summed E-state index contributed by atoms with van der Waals surface area (Å²) in [5.74, 6) is -0.867. The van der Waals surface area contributed by atoms with Gasteiger partial charge in [0, 0.05) is 11.1 Å². The zero-order valence-electron chi connectivity index (χ0n) is 15.9. The quantitative estimate of drug-likeness (QED) is 0.614. The predicted molar refractivity (Wildman–Crippen MR) is 108 cm³/mol. The third kappa shape index (κ3) is 4.11. The normalized spacial score (nSPS) is 11.2. The number of nitrogens with zero attached hydrogens (tertiary/aromatic N) is 2. The van der Waals surface area contributed by atoms with Crippen LogP contribution in [-0.2, 0) is 18.1 Å². The fourth-order valence-electron chi connectivity index (χ4n) is 3.11. The van der Waals surface area contributed by atoms with E-state index in [4.69, 9.17) is 16.3 Å². The van der Waals surface area contributed by atoms with E-state index in [1.54, 1.807) is 44.2 Å². The lowest BCUT2D eigenvalue weighted by atomic mass is 9.98. The maximum Gasteiger partial charge on any atom is 0.366 e. The minimum atomic E-state index is -0.940. The van der Waals surface area contributed by atoms with Crippen LogP contribution in [0.5, 0.6) is 0 Å². The van der Waals surface area contributed by atoms with Crippen molar-refractivity contribution in [2.24, 2.45) is 0 Å². The van der Waals surface area contributed by atoms with Crippen LogP contribution in [0.1, 0.15) is 30.9 Å². The summed E-state index contributed by atoms with van der Waals surface area (Å²) in [5, 5.41) is 9.99. The van der Waals surface area contributed by atoms with Crippen molar-refractivity contribution < 1.29 is 14.3 Å². The SMILES string of the molecule is CC(C)c1c(-c2ccccc2)n(COCc2cccc(Cl)c2F)c(=O)n(O)c1=O. The second-order valence-electron chi connectivity index (χ2n) is 6.80. The second kappa shape index (κ2) is 8.63. The van der Waals surface area contributed by atoms with Gasteiger partial charge in [0.2, 0.25) is 0 Å². The minimum Gasteiger partial charge on any atom is -0.421 e. The lowest BCUT2D eigenvalue weighted by molar-refractivity contribution is 0.0516. The maximum absolute atomic E-state index is 14.1. The van der Waals surface area contributed by atoms with Crippen molar-refractivity contribution in [3.63, 3.8) is 0 Å².